The van der Waals surface area contributed by atoms with Crippen molar-refractivity contribution in [2.75, 3.05) is 0 Å². The third kappa shape index (κ3) is 2.99. The standard InChI is InChI=1S/C26H34Br2O/c1-25-15-14-20-18(10-8-17-9-13-22(27)24(28)26(17,20)2)19(25)11-12-21(25)23(29)16-6-4-3-5-7-16/h3-7,17-22,24H,8-15H2,1-2H3/t17?,18-,19-,20+,21?,22?,24?,25-,26-/m0/s1. The molecule has 4 fully saturated rings. The van der Waals surface area contributed by atoms with Gasteiger partial charge in [-0.05, 0) is 85.9 Å². The first-order valence-corrected chi connectivity index (χ1v) is 13.6. The normalized spacial score (nSPS) is 49.0. The maximum absolute atomic E-state index is 13.4. The van der Waals surface area contributed by atoms with Crippen LogP contribution in [0, 0.1) is 40.4 Å². The van der Waals surface area contributed by atoms with Gasteiger partial charge in [-0.2, -0.15) is 0 Å². The Morgan fingerprint density at radius 2 is 1.62 bits per heavy atom. The van der Waals surface area contributed by atoms with E-state index in [9.17, 15) is 4.79 Å². The summed E-state index contributed by atoms with van der Waals surface area (Å²) >= 11 is 8.16. The summed E-state index contributed by atoms with van der Waals surface area (Å²) in [4.78, 5) is 14.6. The Hall–Kier alpha value is -0.150. The molecule has 3 heteroatoms. The van der Waals surface area contributed by atoms with Crippen LogP contribution in [0.5, 0.6) is 0 Å². The van der Waals surface area contributed by atoms with Crippen molar-refractivity contribution in [2.45, 2.75) is 74.9 Å². The Morgan fingerprint density at radius 3 is 2.38 bits per heavy atom. The summed E-state index contributed by atoms with van der Waals surface area (Å²) in [5.41, 5.74) is 1.52. The third-order valence-electron chi connectivity index (χ3n) is 10.0. The van der Waals surface area contributed by atoms with Crippen molar-refractivity contribution < 1.29 is 4.79 Å². The van der Waals surface area contributed by atoms with Gasteiger partial charge in [-0.1, -0.05) is 76.0 Å². The van der Waals surface area contributed by atoms with Crippen LogP contribution in [-0.4, -0.2) is 15.4 Å². The summed E-state index contributed by atoms with van der Waals surface area (Å²) in [6.07, 6.45) is 10.4. The lowest BCUT2D eigenvalue weighted by Crippen LogP contribution is -2.58. The molecule has 1 aromatic rings. The molecule has 4 aliphatic rings. The number of hydrogen-bond acceptors (Lipinski definition) is 1. The maximum atomic E-state index is 13.4. The molecule has 0 bridgehead atoms. The molecule has 0 N–H and O–H groups in total. The molecule has 5 rings (SSSR count). The van der Waals surface area contributed by atoms with E-state index in [2.05, 4.69) is 45.7 Å². The first kappa shape index (κ1) is 20.7. The zero-order valence-corrected chi connectivity index (χ0v) is 20.9. The highest BCUT2D eigenvalue weighted by Gasteiger charge is 2.63. The Bertz CT molecular complexity index is 774. The predicted molar refractivity (Wildman–Crippen MR) is 127 cm³/mol. The van der Waals surface area contributed by atoms with E-state index < -0.39 is 0 Å². The maximum Gasteiger partial charge on any atom is 0.166 e. The van der Waals surface area contributed by atoms with Crippen LogP contribution in [0.25, 0.3) is 0 Å². The van der Waals surface area contributed by atoms with Crippen molar-refractivity contribution in [3.63, 3.8) is 0 Å². The molecule has 0 spiro atoms. The molecule has 4 unspecified atom stereocenters. The van der Waals surface area contributed by atoms with E-state index in [0.29, 0.717) is 20.9 Å². The topological polar surface area (TPSA) is 17.1 Å². The van der Waals surface area contributed by atoms with Gasteiger partial charge in [0.25, 0.3) is 0 Å². The Balaban J connectivity index is 1.43. The molecule has 4 aliphatic carbocycles. The number of carbonyl (C=O) groups is 1. The summed E-state index contributed by atoms with van der Waals surface area (Å²) in [7, 11) is 0. The Kier molecular flexibility index (Phi) is 5.34. The minimum atomic E-state index is 0.196. The van der Waals surface area contributed by atoms with Crippen molar-refractivity contribution in [3.05, 3.63) is 35.9 Å². The monoisotopic (exact) mass is 520 g/mol. The molecule has 158 valence electrons. The van der Waals surface area contributed by atoms with Crippen molar-refractivity contribution in [2.24, 2.45) is 40.4 Å². The number of fused-ring (bicyclic) bond motifs is 5. The average Bonchev–Trinajstić information content (AvgIpc) is 3.09. The minimum absolute atomic E-state index is 0.196. The lowest BCUT2D eigenvalue weighted by atomic mass is 9.44. The minimum Gasteiger partial charge on any atom is -0.294 e. The van der Waals surface area contributed by atoms with Gasteiger partial charge >= 0.3 is 0 Å². The van der Waals surface area contributed by atoms with Gasteiger partial charge in [-0.25, -0.2) is 0 Å². The molecule has 1 aromatic carbocycles. The molecule has 0 amide bonds. The van der Waals surface area contributed by atoms with E-state index in [1.54, 1.807) is 0 Å². The molecule has 0 aliphatic heterocycles. The molecular weight excluding hydrogens is 488 g/mol. The van der Waals surface area contributed by atoms with Gasteiger partial charge in [-0.3, -0.25) is 4.79 Å². The number of benzene rings is 1. The Labute approximate surface area is 193 Å². The zero-order chi connectivity index (χ0) is 20.4. The molecule has 0 heterocycles. The van der Waals surface area contributed by atoms with Gasteiger partial charge in [0.15, 0.2) is 5.78 Å². The van der Waals surface area contributed by atoms with Gasteiger partial charge < -0.3 is 0 Å². The van der Waals surface area contributed by atoms with Crippen LogP contribution >= 0.6 is 31.9 Å². The van der Waals surface area contributed by atoms with Gasteiger partial charge in [0.2, 0.25) is 0 Å². The fourth-order valence-corrected chi connectivity index (χ4v) is 10.3. The molecule has 0 radical (unpaired) electrons. The first-order chi connectivity index (χ1) is 13.9. The van der Waals surface area contributed by atoms with Gasteiger partial charge in [0.05, 0.1) is 0 Å². The lowest BCUT2D eigenvalue weighted by molar-refractivity contribution is -0.102. The second kappa shape index (κ2) is 7.47. The highest BCUT2D eigenvalue weighted by atomic mass is 79.9. The number of carbonyl (C=O) groups excluding carboxylic acids is 1. The van der Waals surface area contributed by atoms with Crippen LogP contribution in [0.3, 0.4) is 0 Å². The highest BCUT2D eigenvalue weighted by molar-refractivity contribution is 9.12. The summed E-state index contributed by atoms with van der Waals surface area (Å²) in [6.45, 7) is 5.08. The number of rotatable bonds is 2. The quantitative estimate of drug-likeness (QED) is 0.288. The molecule has 0 aromatic heterocycles. The van der Waals surface area contributed by atoms with E-state index in [4.69, 9.17) is 0 Å². The molecule has 9 atom stereocenters. The van der Waals surface area contributed by atoms with Crippen LogP contribution < -0.4 is 0 Å². The van der Waals surface area contributed by atoms with E-state index in [0.717, 1.165) is 35.7 Å². The van der Waals surface area contributed by atoms with Gasteiger partial charge in [0.1, 0.15) is 0 Å². The molecule has 0 saturated heterocycles. The van der Waals surface area contributed by atoms with Gasteiger partial charge in [0, 0.05) is 21.1 Å². The number of alkyl halides is 2. The van der Waals surface area contributed by atoms with E-state index in [-0.39, 0.29) is 11.3 Å². The van der Waals surface area contributed by atoms with Crippen molar-refractivity contribution in [1.29, 1.82) is 0 Å². The average molecular weight is 522 g/mol. The lowest BCUT2D eigenvalue weighted by Gasteiger charge is -2.62. The highest BCUT2D eigenvalue weighted by Crippen LogP contribution is 2.68. The Morgan fingerprint density at radius 1 is 0.897 bits per heavy atom. The van der Waals surface area contributed by atoms with Crippen LogP contribution in [0.15, 0.2) is 30.3 Å². The van der Waals surface area contributed by atoms with E-state index >= 15 is 0 Å². The number of hydrogen-bond donors (Lipinski definition) is 0. The summed E-state index contributed by atoms with van der Waals surface area (Å²) in [6, 6.07) is 10.1. The molecule has 29 heavy (non-hydrogen) atoms. The van der Waals surface area contributed by atoms with Crippen LogP contribution in [0.2, 0.25) is 0 Å². The number of halogens is 2. The fourth-order valence-electron chi connectivity index (χ4n) is 8.49. The summed E-state index contributed by atoms with van der Waals surface area (Å²) in [5, 5.41) is 0. The fraction of sp³-hybridized carbons (Fsp3) is 0.731. The zero-order valence-electron chi connectivity index (χ0n) is 17.7. The van der Waals surface area contributed by atoms with E-state index in [1.807, 2.05) is 30.3 Å². The number of Topliss-reactive ketones (excluding diaryl/α,β-unsaturated/α-hetero) is 1. The van der Waals surface area contributed by atoms with Crippen LogP contribution in [0.1, 0.15) is 75.6 Å². The summed E-state index contributed by atoms with van der Waals surface area (Å²) < 4.78 is 0. The molecule has 1 nitrogen and oxygen atoms in total. The molecular formula is C26H34Br2O. The molecule has 4 saturated carbocycles. The smallest absolute Gasteiger partial charge is 0.166 e. The van der Waals surface area contributed by atoms with Crippen LogP contribution in [-0.2, 0) is 0 Å². The van der Waals surface area contributed by atoms with Crippen LogP contribution in [0.4, 0.5) is 0 Å². The summed E-state index contributed by atoms with van der Waals surface area (Å²) in [5.74, 6) is 3.85. The second-order valence-electron chi connectivity index (χ2n) is 10.9. The van der Waals surface area contributed by atoms with Crippen molar-refractivity contribution in [1.82, 2.24) is 0 Å². The van der Waals surface area contributed by atoms with Crippen molar-refractivity contribution in [3.8, 4) is 0 Å². The van der Waals surface area contributed by atoms with E-state index in [1.165, 1.54) is 44.9 Å². The third-order valence-corrected chi connectivity index (χ3v) is 13.4. The SMILES string of the molecule is C[C@@]12C(CCC(Br)C1Br)CC[C@@H]1[C@H]2CC[C@]2(C)C(C(=O)c3ccccc3)CC[C@@H]12. The van der Waals surface area contributed by atoms with Crippen molar-refractivity contribution >= 4 is 37.6 Å². The first-order valence-electron chi connectivity index (χ1n) is 11.7. The predicted octanol–water partition coefficient (Wildman–Crippen LogP) is 7.67. The number of ketones is 1. The largest absolute Gasteiger partial charge is 0.294 e. The second-order valence-corrected chi connectivity index (χ2v) is 13.1. The van der Waals surface area contributed by atoms with Gasteiger partial charge in [-0.15, -0.1) is 0 Å².